The van der Waals surface area contributed by atoms with Crippen LogP contribution in [0.1, 0.15) is 66.3 Å². The molecule has 154 valence electrons. The monoisotopic (exact) mass is 395 g/mol. The van der Waals surface area contributed by atoms with Crippen molar-refractivity contribution in [2.45, 2.75) is 62.6 Å². The van der Waals surface area contributed by atoms with Gasteiger partial charge in [-0.2, -0.15) is 0 Å². The molecule has 0 radical (unpaired) electrons. The maximum Gasteiger partial charge on any atom is 0.276 e. The van der Waals surface area contributed by atoms with Crippen molar-refractivity contribution in [3.63, 3.8) is 0 Å². The number of rotatable bonds is 3. The Labute approximate surface area is 171 Å². The van der Waals surface area contributed by atoms with Crippen LogP contribution in [0.15, 0.2) is 34.9 Å². The maximum atomic E-state index is 13.4. The van der Waals surface area contributed by atoms with Crippen LogP contribution in [-0.4, -0.2) is 53.1 Å². The molecule has 29 heavy (non-hydrogen) atoms. The Morgan fingerprint density at radius 2 is 1.93 bits per heavy atom. The number of benzene rings is 1. The number of amides is 1. The molecule has 2 fully saturated rings. The van der Waals surface area contributed by atoms with Crippen molar-refractivity contribution in [3.8, 4) is 5.75 Å². The molecule has 0 unspecified atom stereocenters. The van der Waals surface area contributed by atoms with E-state index in [1.807, 2.05) is 29.2 Å². The van der Waals surface area contributed by atoms with Gasteiger partial charge in [0.1, 0.15) is 17.1 Å². The molecular weight excluding hydrogens is 366 g/mol. The number of fused-ring (bicyclic) bond motifs is 1. The molecule has 2 aromatic rings. The summed E-state index contributed by atoms with van der Waals surface area (Å²) in [5, 5.41) is 4.09. The van der Waals surface area contributed by atoms with Crippen molar-refractivity contribution in [1.29, 1.82) is 0 Å². The molecule has 3 aliphatic rings. The van der Waals surface area contributed by atoms with Crippen molar-refractivity contribution in [2.24, 2.45) is 0 Å². The van der Waals surface area contributed by atoms with E-state index in [4.69, 9.17) is 9.26 Å². The van der Waals surface area contributed by atoms with Gasteiger partial charge in [0.25, 0.3) is 5.91 Å². The van der Waals surface area contributed by atoms with E-state index in [0.29, 0.717) is 30.7 Å². The van der Waals surface area contributed by atoms with Crippen LogP contribution < -0.4 is 4.74 Å². The van der Waals surface area contributed by atoms with Crippen molar-refractivity contribution >= 4 is 5.91 Å². The molecule has 1 aliphatic heterocycles. The fourth-order valence-corrected chi connectivity index (χ4v) is 4.77. The average Bonchev–Trinajstić information content (AvgIpc) is 3.48. The second-order valence-electron chi connectivity index (χ2n) is 9.14. The van der Waals surface area contributed by atoms with Gasteiger partial charge in [0.05, 0.1) is 6.54 Å². The molecule has 5 rings (SSSR count). The first-order valence-corrected chi connectivity index (χ1v) is 10.7. The van der Waals surface area contributed by atoms with Crippen molar-refractivity contribution < 1.29 is 14.1 Å². The second-order valence-corrected chi connectivity index (χ2v) is 9.14. The zero-order chi connectivity index (χ0) is 20.0. The van der Waals surface area contributed by atoms with Crippen LogP contribution in [0.3, 0.4) is 0 Å². The molecule has 0 N–H and O–H groups in total. The SMILES string of the molecule is CN(C)C1CCC2(CC1)CN(C(=O)c1cc(C3CC3)on1)Cc1ccccc1O2. The highest BCUT2D eigenvalue weighted by atomic mass is 16.5. The van der Waals surface area contributed by atoms with Crippen molar-refractivity contribution in [1.82, 2.24) is 15.0 Å². The largest absolute Gasteiger partial charge is 0.485 e. The van der Waals surface area contributed by atoms with Crippen LogP contribution >= 0.6 is 0 Å². The lowest BCUT2D eigenvalue weighted by atomic mass is 9.81. The van der Waals surface area contributed by atoms with E-state index in [0.717, 1.165) is 55.6 Å². The lowest BCUT2D eigenvalue weighted by Crippen LogP contribution is -2.51. The summed E-state index contributed by atoms with van der Waals surface area (Å²) in [5.74, 6) is 2.14. The predicted molar refractivity (Wildman–Crippen MR) is 109 cm³/mol. The molecule has 0 bridgehead atoms. The Morgan fingerprint density at radius 3 is 2.66 bits per heavy atom. The summed E-state index contributed by atoms with van der Waals surface area (Å²) in [6, 6.07) is 10.5. The van der Waals surface area contributed by atoms with Gasteiger partial charge in [-0.15, -0.1) is 0 Å². The van der Waals surface area contributed by atoms with Gasteiger partial charge in [-0.05, 0) is 58.7 Å². The number of carbonyl (C=O) groups is 1. The molecule has 1 spiro atoms. The molecule has 1 aromatic heterocycles. The minimum absolute atomic E-state index is 0.0601. The van der Waals surface area contributed by atoms with Gasteiger partial charge in [-0.1, -0.05) is 23.4 Å². The number of para-hydroxylation sites is 1. The highest BCUT2D eigenvalue weighted by Gasteiger charge is 2.43. The molecule has 2 heterocycles. The van der Waals surface area contributed by atoms with E-state index in [9.17, 15) is 4.79 Å². The quantitative estimate of drug-likeness (QED) is 0.791. The maximum absolute atomic E-state index is 13.4. The van der Waals surface area contributed by atoms with Crippen LogP contribution in [0, 0.1) is 0 Å². The Hall–Kier alpha value is -2.34. The third-order valence-electron chi connectivity index (χ3n) is 6.75. The Bertz CT molecular complexity index is 894. The molecular formula is C23H29N3O3. The first kappa shape index (κ1) is 18.7. The summed E-state index contributed by atoms with van der Waals surface area (Å²) in [4.78, 5) is 17.6. The van der Waals surface area contributed by atoms with Gasteiger partial charge in [-0.3, -0.25) is 4.79 Å². The summed E-state index contributed by atoms with van der Waals surface area (Å²) in [6.07, 6.45) is 6.30. The standard InChI is InChI=1S/C23H29N3O3/c1-25(2)18-9-11-23(12-10-18)15-26(14-17-5-3-4-6-20(17)28-23)22(27)19-13-21(29-24-19)16-7-8-16/h3-6,13,16,18H,7-12,14-15H2,1-2H3. The molecule has 1 amide bonds. The number of ether oxygens (including phenoxy) is 1. The van der Waals surface area contributed by atoms with Gasteiger partial charge in [0.15, 0.2) is 5.69 Å². The van der Waals surface area contributed by atoms with E-state index in [2.05, 4.69) is 30.2 Å². The molecule has 2 saturated carbocycles. The van der Waals surface area contributed by atoms with Crippen LogP contribution in [0.4, 0.5) is 0 Å². The zero-order valence-corrected chi connectivity index (χ0v) is 17.3. The molecule has 6 nitrogen and oxygen atoms in total. The smallest absolute Gasteiger partial charge is 0.276 e. The first-order valence-electron chi connectivity index (χ1n) is 10.7. The summed E-state index contributed by atoms with van der Waals surface area (Å²) in [6.45, 7) is 1.13. The summed E-state index contributed by atoms with van der Waals surface area (Å²) < 4.78 is 12.1. The normalized spacial score (nSPS) is 26.9. The van der Waals surface area contributed by atoms with E-state index >= 15 is 0 Å². The molecule has 0 atom stereocenters. The highest BCUT2D eigenvalue weighted by molar-refractivity contribution is 5.92. The third kappa shape index (κ3) is 3.66. The van der Waals surface area contributed by atoms with Gasteiger partial charge < -0.3 is 19.1 Å². The Balaban J connectivity index is 1.43. The highest BCUT2D eigenvalue weighted by Crippen LogP contribution is 2.41. The minimum atomic E-state index is -0.335. The first-order chi connectivity index (χ1) is 14.0. The number of hydrogen-bond acceptors (Lipinski definition) is 5. The van der Waals surface area contributed by atoms with Gasteiger partial charge >= 0.3 is 0 Å². The predicted octanol–water partition coefficient (Wildman–Crippen LogP) is 3.83. The van der Waals surface area contributed by atoms with E-state index in [-0.39, 0.29) is 11.5 Å². The number of nitrogens with zero attached hydrogens (tertiary/aromatic N) is 3. The number of aromatic nitrogens is 1. The lowest BCUT2D eigenvalue weighted by molar-refractivity contribution is -0.00948. The summed E-state index contributed by atoms with van der Waals surface area (Å²) in [5.41, 5.74) is 1.14. The summed E-state index contributed by atoms with van der Waals surface area (Å²) >= 11 is 0. The topological polar surface area (TPSA) is 58.8 Å². The third-order valence-corrected chi connectivity index (χ3v) is 6.75. The number of carbonyl (C=O) groups excluding carboxylic acids is 1. The van der Waals surface area contributed by atoms with E-state index < -0.39 is 0 Å². The van der Waals surface area contributed by atoms with Crippen LogP contribution in [-0.2, 0) is 6.54 Å². The zero-order valence-electron chi connectivity index (χ0n) is 17.3. The molecule has 2 aliphatic carbocycles. The fraction of sp³-hybridized carbons (Fsp3) is 0.565. The second kappa shape index (κ2) is 7.17. The van der Waals surface area contributed by atoms with E-state index in [1.54, 1.807) is 0 Å². The molecule has 1 aromatic carbocycles. The fourth-order valence-electron chi connectivity index (χ4n) is 4.77. The van der Waals surface area contributed by atoms with Crippen LogP contribution in [0.25, 0.3) is 0 Å². The van der Waals surface area contributed by atoms with Gasteiger partial charge in [0.2, 0.25) is 0 Å². The minimum Gasteiger partial charge on any atom is -0.485 e. The Kier molecular flexibility index (Phi) is 4.62. The number of hydrogen-bond donors (Lipinski definition) is 0. The lowest BCUT2D eigenvalue weighted by Gasteiger charge is -2.42. The average molecular weight is 396 g/mol. The van der Waals surface area contributed by atoms with Crippen LogP contribution in [0.5, 0.6) is 5.75 Å². The molecule has 6 heteroatoms. The molecule has 0 saturated heterocycles. The Morgan fingerprint density at radius 1 is 1.17 bits per heavy atom. The van der Waals surface area contributed by atoms with Gasteiger partial charge in [-0.25, -0.2) is 0 Å². The van der Waals surface area contributed by atoms with Crippen molar-refractivity contribution in [3.05, 3.63) is 47.3 Å². The van der Waals surface area contributed by atoms with Gasteiger partial charge in [0, 0.05) is 30.1 Å². The summed E-state index contributed by atoms with van der Waals surface area (Å²) in [7, 11) is 4.29. The van der Waals surface area contributed by atoms with Crippen LogP contribution in [0.2, 0.25) is 0 Å². The van der Waals surface area contributed by atoms with E-state index in [1.165, 1.54) is 0 Å². The van der Waals surface area contributed by atoms with Crippen molar-refractivity contribution in [2.75, 3.05) is 20.6 Å².